The number of nitrogens with zero attached hydrogens (tertiary/aromatic N) is 4. The molecule has 8 nitrogen and oxygen atoms in total. The number of amides is 2. The van der Waals surface area contributed by atoms with Crippen LogP contribution in [0.4, 0.5) is 0 Å². The van der Waals surface area contributed by atoms with Crippen molar-refractivity contribution in [3.8, 4) is 0 Å². The number of pyridine rings is 2. The fourth-order valence-electron chi connectivity index (χ4n) is 8.01. The lowest BCUT2D eigenvalue weighted by atomic mass is 9.47. The van der Waals surface area contributed by atoms with Crippen LogP contribution in [0.15, 0.2) is 70.9 Å². The van der Waals surface area contributed by atoms with E-state index in [1.165, 1.54) is 18.4 Å². The highest BCUT2D eigenvalue weighted by molar-refractivity contribution is 6.00. The lowest BCUT2D eigenvalue weighted by Gasteiger charge is -2.57. The van der Waals surface area contributed by atoms with E-state index >= 15 is 0 Å². The van der Waals surface area contributed by atoms with Crippen molar-refractivity contribution in [2.75, 3.05) is 0 Å². The Morgan fingerprint density at radius 1 is 0.769 bits per heavy atom. The molecule has 3 unspecified atom stereocenters. The minimum atomic E-state index is -0.206. The minimum absolute atomic E-state index is 0.0444. The molecule has 3 saturated carbocycles. The van der Waals surface area contributed by atoms with Gasteiger partial charge in [-0.15, -0.1) is 0 Å². The van der Waals surface area contributed by atoms with Crippen LogP contribution in [-0.2, 0) is 0 Å². The Labute approximate surface area is 229 Å². The molecule has 2 amide bonds. The molecular weight excluding hydrogens is 488 g/mol. The Kier molecular flexibility index (Phi) is 6.65. The molecule has 0 saturated heterocycles. The zero-order valence-corrected chi connectivity index (χ0v) is 22.7. The predicted molar refractivity (Wildman–Crippen MR) is 150 cm³/mol. The van der Waals surface area contributed by atoms with Crippen molar-refractivity contribution in [1.82, 2.24) is 20.8 Å². The molecule has 0 bridgehead atoms. The van der Waals surface area contributed by atoms with Crippen molar-refractivity contribution >= 4 is 23.2 Å². The Balaban J connectivity index is 1.15. The van der Waals surface area contributed by atoms with Crippen molar-refractivity contribution in [1.29, 1.82) is 0 Å². The Morgan fingerprint density at radius 3 is 2.05 bits per heavy atom. The topological polar surface area (TPSA) is 109 Å². The van der Waals surface area contributed by atoms with Gasteiger partial charge in [0.2, 0.25) is 0 Å². The van der Waals surface area contributed by atoms with Gasteiger partial charge in [-0.05, 0) is 105 Å². The van der Waals surface area contributed by atoms with Crippen LogP contribution < -0.4 is 10.9 Å². The molecule has 0 aromatic carbocycles. The van der Waals surface area contributed by atoms with Crippen molar-refractivity contribution in [3.63, 3.8) is 0 Å². The first kappa shape index (κ1) is 25.6. The molecule has 2 aromatic rings. The molecule has 2 heterocycles. The molecule has 0 radical (unpaired) electrons. The van der Waals surface area contributed by atoms with Gasteiger partial charge in [-0.25, -0.2) is 10.9 Å². The number of rotatable bonds is 4. The van der Waals surface area contributed by atoms with Crippen molar-refractivity contribution in [2.45, 2.75) is 65.2 Å². The fraction of sp³-hybridized carbons (Fsp3) is 0.484. The largest absolute Gasteiger partial charge is 0.271 e. The molecule has 5 atom stereocenters. The van der Waals surface area contributed by atoms with E-state index in [4.69, 9.17) is 5.10 Å². The lowest BCUT2D eigenvalue weighted by Crippen LogP contribution is -2.50. The molecule has 39 heavy (non-hydrogen) atoms. The van der Waals surface area contributed by atoms with Crippen LogP contribution in [0, 0.1) is 28.6 Å². The molecule has 2 N–H and O–H groups in total. The zero-order chi connectivity index (χ0) is 27.0. The third-order valence-corrected chi connectivity index (χ3v) is 10.2. The molecule has 3 fully saturated rings. The number of nitrogens with one attached hydrogen (secondary N) is 2. The second-order valence-corrected chi connectivity index (χ2v) is 12.0. The number of hydrogen-bond donors (Lipinski definition) is 2. The Hall–Kier alpha value is -3.68. The molecule has 4 aliphatic carbocycles. The SMILES string of the molecule is C[C@]12CC/C(=N/NC(=O)c3ccncc3)C=C1CCC1C2CC[C@]2(C)C(=NNC(=O)c3ccncc3)CCC12. The zero-order valence-electron chi connectivity index (χ0n) is 22.7. The summed E-state index contributed by atoms with van der Waals surface area (Å²) in [6.45, 7) is 4.84. The van der Waals surface area contributed by atoms with Gasteiger partial charge in [0.25, 0.3) is 11.8 Å². The quantitative estimate of drug-likeness (QED) is 0.528. The third kappa shape index (κ3) is 4.60. The number of carbonyl (C=O) groups is 2. The molecule has 6 rings (SSSR count). The maximum atomic E-state index is 12.6. The number of fused-ring (bicyclic) bond motifs is 5. The average molecular weight is 525 g/mol. The van der Waals surface area contributed by atoms with Crippen LogP contribution in [0.25, 0.3) is 0 Å². The summed E-state index contributed by atoms with van der Waals surface area (Å²) in [5, 5.41) is 9.17. The summed E-state index contributed by atoms with van der Waals surface area (Å²) < 4.78 is 0. The van der Waals surface area contributed by atoms with Gasteiger partial charge in [0.1, 0.15) is 0 Å². The molecule has 202 valence electrons. The summed E-state index contributed by atoms with van der Waals surface area (Å²) >= 11 is 0. The Bertz CT molecular complexity index is 1350. The molecule has 2 aromatic heterocycles. The van der Waals surface area contributed by atoms with E-state index < -0.39 is 0 Å². The van der Waals surface area contributed by atoms with Crippen LogP contribution >= 0.6 is 0 Å². The number of hydrazone groups is 2. The molecule has 0 aliphatic heterocycles. The first-order valence-electron chi connectivity index (χ1n) is 14.1. The van der Waals surface area contributed by atoms with Crippen LogP contribution in [0.3, 0.4) is 0 Å². The van der Waals surface area contributed by atoms with Gasteiger partial charge in [0, 0.05) is 47.0 Å². The number of allylic oxidation sites excluding steroid dienone is 2. The summed E-state index contributed by atoms with van der Waals surface area (Å²) in [5.74, 6) is 1.53. The molecule has 4 aliphatic rings. The van der Waals surface area contributed by atoms with Crippen LogP contribution in [-0.4, -0.2) is 33.2 Å². The van der Waals surface area contributed by atoms with Crippen LogP contribution in [0.1, 0.15) is 85.9 Å². The highest BCUT2D eigenvalue weighted by Gasteiger charge is 2.58. The van der Waals surface area contributed by atoms with Crippen LogP contribution in [0.2, 0.25) is 0 Å². The number of carbonyl (C=O) groups excluding carboxylic acids is 2. The van der Waals surface area contributed by atoms with E-state index in [9.17, 15) is 9.59 Å². The normalized spacial score (nSPS) is 33.5. The van der Waals surface area contributed by atoms with E-state index in [0.29, 0.717) is 28.9 Å². The van der Waals surface area contributed by atoms with E-state index in [1.807, 2.05) is 0 Å². The summed E-state index contributed by atoms with van der Waals surface area (Å²) in [5.41, 5.74) is 10.5. The summed E-state index contributed by atoms with van der Waals surface area (Å²) in [6.07, 6.45) is 17.3. The first-order chi connectivity index (χ1) is 18.9. The molecule has 8 heteroatoms. The lowest BCUT2D eigenvalue weighted by molar-refractivity contribution is -0.0155. The Morgan fingerprint density at radius 2 is 1.38 bits per heavy atom. The van der Waals surface area contributed by atoms with Crippen molar-refractivity contribution in [3.05, 3.63) is 71.8 Å². The second kappa shape index (κ2) is 10.1. The smallest absolute Gasteiger partial charge is 0.267 e. The highest BCUT2D eigenvalue weighted by atomic mass is 16.2. The highest BCUT2D eigenvalue weighted by Crippen LogP contribution is 2.64. The van der Waals surface area contributed by atoms with Gasteiger partial charge in [0.15, 0.2) is 0 Å². The number of aromatic nitrogens is 2. The van der Waals surface area contributed by atoms with E-state index in [2.05, 4.69) is 45.8 Å². The van der Waals surface area contributed by atoms with Gasteiger partial charge in [-0.2, -0.15) is 10.2 Å². The van der Waals surface area contributed by atoms with Gasteiger partial charge in [0.05, 0.1) is 5.71 Å². The van der Waals surface area contributed by atoms with Gasteiger partial charge >= 0.3 is 0 Å². The number of hydrogen-bond acceptors (Lipinski definition) is 6. The van der Waals surface area contributed by atoms with E-state index in [-0.39, 0.29) is 22.6 Å². The van der Waals surface area contributed by atoms with Crippen LogP contribution in [0.5, 0.6) is 0 Å². The van der Waals surface area contributed by atoms with Gasteiger partial charge in [-0.1, -0.05) is 19.4 Å². The van der Waals surface area contributed by atoms with Gasteiger partial charge < -0.3 is 0 Å². The molecule has 0 spiro atoms. The van der Waals surface area contributed by atoms with E-state index in [0.717, 1.165) is 49.9 Å². The van der Waals surface area contributed by atoms with Gasteiger partial charge in [-0.3, -0.25) is 19.6 Å². The minimum Gasteiger partial charge on any atom is -0.267 e. The fourth-order valence-corrected chi connectivity index (χ4v) is 8.01. The standard InChI is InChI=1S/C31H36N6O2/c1-30-13-7-23(34-36-28(38)20-9-15-32-16-10-20)19-22(30)3-4-24-25-5-6-27(31(25,2)14-8-26(24)30)35-37-29(39)21-11-17-33-18-12-21/h9-12,15-19,24-26H,3-8,13-14H2,1-2H3,(H,36,38)(H,37,39)/b34-23-,35-27?/t24?,25?,26?,30-,31-/m0/s1. The summed E-state index contributed by atoms with van der Waals surface area (Å²) in [4.78, 5) is 33.0. The third-order valence-electron chi connectivity index (χ3n) is 10.2. The maximum absolute atomic E-state index is 12.6. The average Bonchev–Trinajstić information content (AvgIpc) is 3.31. The summed E-state index contributed by atoms with van der Waals surface area (Å²) in [6, 6.07) is 6.81. The summed E-state index contributed by atoms with van der Waals surface area (Å²) in [7, 11) is 0. The molecular formula is C31H36N6O2. The second-order valence-electron chi connectivity index (χ2n) is 12.0. The van der Waals surface area contributed by atoms with Crippen molar-refractivity contribution in [2.24, 2.45) is 38.8 Å². The predicted octanol–water partition coefficient (Wildman–Crippen LogP) is 5.31. The van der Waals surface area contributed by atoms with Crippen molar-refractivity contribution < 1.29 is 9.59 Å². The maximum Gasteiger partial charge on any atom is 0.271 e. The first-order valence-corrected chi connectivity index (χ1v) is 14.1. The monoisotopic (exact) mass is 524 g/mol. The van der Waals surface area contributed by atoms with E-state index in [1.54, 1.807) is 49.1 Å².